The Kier molecular flexibility index (Phi) is 2.36. The average molecular weight is 248 g/mol. The normalized spacial score (nSPS) is 19.4. The topological polar surface area (TPSA) is 98.6 Å². The molecule has 0 spiro atoms. The van der Waals surface area contributed by atoms with Gasteiger partial charge in [-0.25, -0.2) is 4.98 Å². The number of nitrogens with zero attached hydrogens (tertiary/aromatic N) is 1. The second-order valence-corrected chi connectivity index (χ2v) is 4.51. The van der Waals surface area contributed by atoms with Gasteiger partial charge in [0.25, 0.3) is 0 Å². The molecule has 6 heteroatoms. The van der Waals surface area contributed by atoms with Crippen LogP contribution in [0.3, 0.4) is 0 Å². The second-order valence-electron chi connectivity index (χ2n) is 4.51. The van der Waals surface area contributed by atoms with Gasteiger partial charge in [0.15, 0.2) is 12.0 Å². The van der Waals surface area contributed by atoms with E-state index in [0.717, 1.165) is 5.52 Å². The molecule has 1 aromatic carbocycles. The van der Waals surface area contributed by atoms with Crippen molar-refractivity contribution in [3.63, 3.8) is 0 Å². The monoisotopic (exact) mass is 248 g/mol. The van der Waals surface area contributed by atoms with Gasteiger partial charge in [-0.3, -0.25) is 4.79 Å². The predicted octanol–water partition coefficient (Wildman–Crippen LogP) is 0.929. The minimum atomic E-state index is -1.03. The fourth-order valence-corrected chi connectivity index (χ4v) is 2.14. The van der Waals surface area contributed by atoms with E-state index in [-0.39, 0.29) is 13.2 Å². The number of oxazole rings is 1. The van der Waals surface area contributed by atoms with Crippen molar-refractivity contribution in [1.82, 2.24) is 4.98 Å². The van der Waals surface area contributed by atoms with E-state index in [4.69, 9.17) is 14.9 Å². The van der Waals surface area contributed by atoms with Crippen LogP contribution in [-0.4, -0.2) is 29.3 Å². The second kappa shape index (κ2) is 3.79. The first-order chi connectivity index (χ1) is 8.63. The van der Waals surface area contributed by atoms with Gasteiger partial charge in [-0.05, 0) is 17.7 Å². The largest absolute Gasteiger partial charge is 0.481 e. The van der Waals surface area contributed by atoms with E-state index in [1.807, 2.05) is 0 Å². The van der Waals surface area contributed by atoms with E-state index in [1.165, 1.54) is 6.39 Å². The van der Waals surface area contributed by atoms with Crippen molar-refractivity contribution in [2.24, 2.45) is 11.1 Å². The number of ether oxygens (including phenoxy) is 1. The van der Waals surface area contributed by atoms with E-state index in [0.29, 0.717) is 11.1 Å². The van der Waals surface area contributed by atoms with Crippen LogP contribution in [0, 0.1) is 5.41 Å². The quantitative estimate of drug-likeness (QED) is 0.838. The Balaban J connectivity index is 2.00. The van der Waals surface area contributed by atoms with Crippen LogP contribution in [0.25, 0.3) is 11.1 Å². The molecule has 2 heterocycles. The van der Waals surface area contributed by atoms with Crippen LogP contribution < -0.4 is 5.73 Å². The Labute approximate surface area is 102 Å². The molecule has 0 amide bonds. The van der Waals surface area contributed by atoms with E-state index in [9.17, 15) is 9.90 Å². The zero-order valence-corrected chi connectivity index (χ0v) is 9.50. The molecule has 94 valence electrons. The summed E-state index contributed by atoms with van der Waals surface area (Å²) in [5.41, 5.74) is 7.08. The van der Waals surface area contributed by atoms with Crippen LogP contribution in [0.4, 0.5) is 0 Å². The van der Waals surface area contributed by atoms with Gasteiger partial charge in [0, 0.05) is 0 Å². The molecule has 1 atom stereocenters. The molecule has 0 saturated carbocycles. The molecule has 3 rings (SSSR count). The van der Waals surface area contributed by atoms with Crippen molar-refractivity contribution in [3.05, 3.63) is 30.2 Å². The first kappa shape index (κ1) is 11.2. The molecule has 1 aliphatic rings. The summed E-state index contributed by atoms with van der Waals surface area (Å²) in [5, 5.41) is 9.29. The number of fused-ring (bicyclic) bond motifs is 1. The Hall–Kier alpha value is -1.92. The number of carbonyl (C=O) groups is 1. The lowest BCUT2D eigenvalue weighted by Gasteiger charge is -2.41. The molecular weight excluding hydrogens is 236 g/mol. The Morgan fingerprint density at radius 2 is 2.28 bits per heavy atom. The number of benzene rings is 1. The molecule has 0 radical (unpaired) electrons. The summed E-state index contributed by atoms with van der Waals surface area (Å²) in [6, 6.07) is 4.65. The number of aliphatic carboxylic acids is 1. The summed E-state index contributed by atoms with van der Waals surface area (Å²) in [7, 11) is 0. The van der Waals surface area contributed by atoms with Crippen LogP contribution in [0.5, 0.6) is 0 Å². The fraction of sp³-hybridized carbons (Fsp3) is 0.333. The molecule has 1 aliphatic heterocycles. The first-order valence-electron chi connectivity index (χ1n) is 5.53. The third-order valence-electron chi connectivity index (χ3n) is 3.45. The molecule has 1 fully saturated rings. The van der Waals surface area contributed by atoms with Crippen molar-refractivity contribution < 1.29 is 19.1 Å². The number of hydrogen-bond acceptors (Lipinski definition) is 5. The lowest BCUT2D eigenvalue weighted by Crippen LogP contribution is -2.55. The Morgan fingerprint density at radius 1 is 1.50 bits per heavy atom. The molecule has 0 bridgehead atoms. The number of hydrogen-bond donors (Lipinski definition) is 2. The van der Waals surface area contributed by atoms with Crippen LogP contribution in [0.2, 0.25) is 0 Å². The zero-order valence-electron chi connectivity index (χ0n) is 9.50. The third kappa shape index (κ3) is 1.43. The minimum Gasteiger partial charge on any atom is -0.481 e. The average Bonchev–Trinajstić information content (AvgIpc) is 2.73. The van der Waals surface area contributed by atoms with Gasteiger partial charge in [0.05, 0.1) is 19.3 Å². The van der Waals surface area contributed by atoms with Crippen LogP contribution in [-0.2, 0) is 9.53 Å². The van der Waals surface area contributed by atoms with E-state index in [2.05, 4.69) is 4.98 Å². The van der Waals surface area contributed by atoms with Gasteiger partial charge in [-0.2, -0.15) is 0 Å². The summed E-state index contributed by atoms with van der Waals surface area (Å²) < 4.78 is 10.2. The predicted molar refractivity (Wildman–Crippen MR) is 61.8 cm³/mol. The highest BCUT2D eigenvalue weighted by atomic mass is 16.5. The van der Waals surface area contributed by atoms with Gasteiger partial charge in [0.1, 0.15) is 10.9 Å². The first-order valence-corrected chi connectivity index (χ1v) is 5.53. The lowest BCUT2D eigenvalue weighted by molar-refractivity contribution is -0.184. The Morgan fingerprint density at radius 3 is 2.89 bits per heavy atom. The minimum absolute atomic E-state index is 0.137. The number of nitrogens with two attached hydrogens (primary N) is 1. The fourth-order valence-electron chi connectivity index (χ4n) is 2.14. The number of rotatable bonds is 3. The lowest BCUT2D eigenvalue weighted by atomic mass is 9.75. The smallest absolute Gasteiger partial charge is 0.316 e. The third-order valence-corrected chi connectivity index (χ3v) is 3.45. The van der Waals surface area contributed by atoms with Crippen molar-refractivity contribution in [2.45, 2.75) is 6.04 Å². The summed E-state index contributed by atoms with van der Waals surface area (Å²) in [6.45, 7) is 0.274. The molecule has 6 nitrogen and oxygen atoms in total. The van der Waals surface area contributed by atoms with Crippen LogP contribution in [0.15, 0.2) is 29.0 Å². The molecule has 0 aliphatic carbocycles. The van der Waals surface area contributed by atoms with Gasteiger partial charge in [-0.15, -0.1) is 0 Å². The molecule has 1 saturated heterocycles. The number of carboxylic acids is 1. The maximum absolute atomic E-state index is 11.3. The summed E-state index contributed by atoms with van der Waals surface area (Å²) in [5.74, 6) is -0.932. The zero-order chi connectivity index (χ0) is 12.8. The van der Waals surface area contributed by atoms with Gasteiger partial charge < -0.3 is 20.0 Å². The van der Waals surface area contributed by atoms with E-state index < -0.39 is 17.4 Å². The molecule has 18 heavy (non-hydrogen) atoms. The maximum atomic E-state index is 11.3. The van der Waals surface area contributed by atoms with E-state index >= 15 is 0 Å². The van der Waals surface area contributed by atoms with Crippen molar-refractivity contribution >= 4 is 17.1 Å². The number of carboxylic acid groups (broad SMARTS) is 1. The number of aromatic nitrogens is 1. The molecule has 3 N–H and O–H groups in total. The van der Waals surface area contributed by atoms with Gasteiger partial charge in [-0.1, -0.05) is 6.07 Å². The summed E-state index contributed by atoms with van der Waals surface area (Å²) in [4.78, 5) is 15.3. The van der Waals surface area contributed by atoms with Crippen molar-refractivity contribution in [2.75, 3.05) is 13.2 Å². The van der Waals surface area contributed by atoms with Crippen molar-refractivity contribution in [3.8, 4) is 0 Å². The highest BCUT2D eigenvalue weighted by Crippen LogP contribution is 2.39. The maximum Gasteiger partial charge on any atom is 0.316 e. The Bertz CT molecular complexity index is 603. The molecule has 1 aromatic heterocycles. The molecule has 1 unspecified atom stereocenters. The van der Waals surface area contributed by atoms with Crippen molar-refractivity contribution in [1.29, 1.82) is 0 Å². The van der Waals surface area contributed by atoms with Crippen LogP contribution in [0.1, 0.15) is 11.6 Å². The van der Waals surface area contributed by atoms with E-state index in [1.54, 1.807) is 18.2 Å². The highest BCUT2D eigenvalue weighted by molar-refractivity contribution is 5.78. The summed E-state index contributed by atoms with van der Waals surface area (Å²) in [6.07, 6.45) is 1.35. The molecular formula is C12H12N2O4. The standard InChI is InChI=1S/C12H12N2O4/c13-10(12(11(15)16)4-17-5-12)7-1-2-8-9(3-7)18-6-14-8/h1-3,6,10H,4-5,13H2,(H,15,16). The van der Waals surface area contributed by atoms with Gasteiger partial charge >= 0.3 is 5.97 Å². The van der Waals surface area contributed by atoms with Gasteiger partial charge in [0.2, 0.25) is 0 Å². The summed E-state index contributed by atoms with van der Waals surface area (Å²) >= 11 is 0. The highest BCUT2D eigenvalue weighted by Gasteiger charge is 2.51. The SMILES string of the molecule is NC(c1ccc2ncoc2c1)C1(C(=O)O)COC1. The van der Waals surface area contributed by atoms with Crippen LogP contribution >= 0.6 is 0 Å². The molecule has 2 aromatic rings.